The summed E-state index contributed by atoms with van der Waals surface area (Å²) in [5.74, 6) is 0.253. The summed E-state index contributed by atoms with van der Waals surface area (Å²) in [6.07, 6.45) is 0.670. The molecule has 0 radical (unpaired) electrons. The predicted molar refractivity (Wildman–Crippen MR) is 124 cm³/mol. The molecule has 2 aliphatic rings. The SMILES string of the molecule is Oc1ccc(O)n1-c1ccc(O[C@H]2c3cc(Cl)cc(Cl)c3C[C@@H]2N2CC[C@@H](O)C2)c(Cl)c1. The number of hydrogen-bond acceptors (Lipinski definition) is 5. The number of aromatic nitrogens is 1. The van der Waals surface area contributed by atoms with Crippen molar-refractivity contribution < 1.29 is 20.1 Å². The molecule has 1 aromatic heterocycles. The lowest BCUT2D eigenvalue weighted by molar-refractivity contribution is 0.0819. The van der Waals surface area contributed by atoms with Crippen LogP contribution in [0.2, 0.25) is 15.1 Å². The summed E-state index contributed by atoms with van der Waals surface area (Å²) in [5, 5.41) is 31.5. The molecule has 3 aromatic rings. The van der Waals surface area contributed by atoms with Gasteiger partial charge in [-0.2, -0.15) is 0 Å². The van der Waals surface area contributed by atoms with E-state index in [1.807, 2.05) is 6.07 Å². The summed E-state index contributed by atoms with van der Waals surface area (Å²) < 4.78 is 7.70. The fraction of sp³-hybridized carbons (Fsp3) is 0.304. The Labute approximate surface area is 200 Å². The van der Waals surface area contributed by atoms with Crippen LogP contribution in [0.25, 0.3) is 5.69 Å². The van der Waals surface area contributed by atoms with Crippen LogP contribution in [-0.2, 0) is 6.42 Å². The van der Waals surface area contributed by atoms with Gasteiger partial charge in [0.2, 0.25) is 0 Å². The first-order chi connectivity index (χ1) is 15.3. The Balaban J connectivity index is 1.50. The van der Waals surface area contributed by atoms with Crippen LogP contribution in [-0.4, -0.2) is 50.0 Å². The second-order valence-electron chi connectivity index (χ2n) is 8.20. The summed E-state index contributed by atoms with van der Waals surface area (Å²) >= 11 is 19.3. The van der Waals surface area contributed by atoms with Crippen LogP contribution in [0.5, 0.6) is 17.5 Å². The van der Waals surface area contributed by atoms with E-state index in [-0.39, 0.29) is 30.0 Å². The highest BCUT2D eigenvalue weighted by atomic mass is 35.5. The number of aliphatic hydroxyl groups is 1. The van der Waals surface area contributed by atoms with E-state index in [2.05, 4.69) is 4.90 Å². The van der Waals surface area contributed by atoms with Crippen molar-refractivity contribution >= 4 is 34.8 Å². The number of hydrogen-bond donors (Lipinski definition) is 3. The van der Waals surface area contributed by atoms with Gasteiger partial charge in [0.05, 0.1) is 22.9 Å². The zero-order valence-corrected chi connectivity index (χ0v) is 19.1. The van der Waals surface area contributed by atoms with E-state index >= 15 is 0 Å². The Hall–Kier alpha value is -2.09. The number of halogens is 3. The molecule has 1 fully saturated rings. The van der Waals surface area contributed by atoms with Crippen LogP contribution in [0.4, 0.5) is 0 Å². The van der Waals surface area contributed by atoms with Gasteiger partial charge in [0.1, 0.15) is 11.9 Å². The molecule has 168 valence electrons. The molecule has 0 saturated carbocycles. The molecule has 1 saturated heterocycles. The zero-order valence-electron chi connectivity index (χ0n) is 16.9. The predicted octanol–water partition coefficient (Wildman–Crippen LogP) is 4.96. The Bertz CT molecular complexity index is 1160. The quantitative estimate of drug-likeness (QED) is 0.477. The van der Waals surface area contributed by atoms with Gasteiger partial charge in [-0.3, -0.25) is 9.47 Å². The van der Waals surface area contributed by atoms with Gasteiger partial charge < -0.3 is 20.1 Å². The van der Waals surface area contributed by atoms with E-state index < -0.39 is 0 Å². The van der Waals surface area contributed by atoms with Gasteiger partial charge in [0.15, 0.2) is 11.8 Å². The van der Waals surface area contributed by atoms with Crippen molar-refractivity contribution in [3.8, 4) is 23.2 Å². The lowest BCUT2D eigenvalue weighted by atomic mass is 10.1. The van der Waals surface area contributed by atoms with Crippen LogP contribution >= 0.6 is 34.8 Å². The number of β-amino-alcohol motifs (C(OH)–C–C–N with tert-alkyl or cyclic N) is 1. The van der Waals surface area contributed by atoms with Crippen molar-refractivity contribution in [2.24, 2.45) is 0 Å². The molecule has 3 atom stereocenters. The number of benzene rings is 2. The highest BCUT2D eigenvalue weighted by molar-refractivity contribution is 6.35. The van der Waals surface area contributed by atoms with Crippen molar-refractivity contribution in [2.75, 3.05) is 13.1 Å². The number of aliphatic hydroxyl groups excluding tert-OH is 1. The Morgan fingerprint density at radius 3 is 2.34 bits per heavy atom. The van der Waals surface area contributed by atoms with Gasteiger partial charge in [0.25, 0.3) is 0 Å². The smallest absolute Gasteiger partial charge is 0.198 e. The average Bonchev–Trinajstić information content (AvgIpc) is 3.41. The number of ether oxygens (including phenoxy) is 1. The molecule has 0 amide bonds. The first-order valence-corrected chi connectivity index (χ1v) is 11.4. The summed E-state index contributed by atoms with van der Waals surface area (Å²) in [5.41, 5.74) is 2.40. The van der Waals surface area contributed by atoms with E-state index in [4.69, 9.17) is 39.5 Å². The van der Waals surface area contributed by atoms with E-state index in [9.17, 15) is 15.3 Å². The average molecular weight is 496 g/mol. The maximum atomic E-state index is 10.1. The van der Waals surface area contributed by atoms with Gasteiger partial charge in [-0.1, -0.05) is 34.8 Å². The fourth-order valence-electron chi connectivity index (χ4n) is 4.69. The third-order valence-corrected chi connectivity index (χ3v) is 7.05. The van der Waals surface area contributed by atoms with E-state index in [0.29, 0.717) is 45.9 Å². The highest BCUT2D eigenvalue weighted by Crippen LogP contribution is 2.44. The molecular weight excluding hydrogens is 475 g/mol. The molecule has 32 heavy (non-hydrogen) atoms. The second kappa shape index (κ2) is 8.36. The fourth-order valence-corrected chi connectivity index (χ4v) is 5.49. The molecule has 0 spiro atoms. The van der Waals surface area contributed by atoms with Gasteiger partial charge in [0, 0.05) is 40.8 Å². The lowest BCUT2D eigenvalue weighted by Gasteiger charge is -2.30. The monoisotopic (exact) mass is 494 g/mol. The topological polar surface area (TPSA) is 78.1 Å². The normalized spacial score (nSPS) is 22.9. The molecule has 6 nitrogen and oxygen atoms in total. The van der Waals surface area contributed by atoms with Gasteiger partial charge in [-0.25, -0.2) is 0 Å². The van der Waals surface area contributed by atoms with Crippen molar-refractivity contribution in [1.82, 2.24) is 9.47 Å². The number of aromatic hydroxyl groups is 2. The van der Waals surface area contributed by atoms with Gasteiger partial charge >= 0.3 is 0 Å². The molecule has 1 aliphatic heterocycles. The van der Waals surface area contributed by atoms with E-state index in [0.717, 1.165) is 17.7 Å². The summed E-state index contributed by atoms with van der Waals surface area (Å²) in [6, 6.07) is 11.4. The van der Waals surface area contributed by atoms with Crippen LogP contribution in [0, 0.1) is 0 Å². The van der Waals surface area contributed by atoms with E-state index in [1.165, 1.54) is 16.7 Å². The van der Waals surface area contributed by atoms with Gasteiger partial charge in [-0.05, 0) is 48.7 Å². The van der Waals surface area contributed by atoms with Crippen LogP contribution < -0.4 is 4.74 Å². The van der Waals surface area contributed by atoms with Crippen LogP contribution in [0.1, 0.15) is 23.7 Å². The molecule has 2 aromatic carbocycles. The van der Waals surface area contributed by atoms with Crippen molar-refractivity contribution in [1.29, 1.82) is 0 Å². The molecule has 9 heteroatoms. The van der Waals surface area contributed by atoms with E-state index in [1.54, 1.807) is 24.3 Å². The number of rotatable bonds is 4. The minimum absolute atomic E-state index is 0.0219. The van der Waals surface area contributed by atoms with Crippen LogP contribution in [0.15, 0.2) is 42.5 Å². The Morgan fingerprint density at radius 1 is 0.938 bits per heavy atom. The first-order valence-electron chi connectivity index (χ1n) is 10.3. The Kier molecular flexibility index (Phi) is 5.68. The number of likely N-dealkylation sites (tertiary alicyclic amines) is 1. The molecule has 5 rings (SSSR count). The highest BCUT2D eigenvalue weighted by Gasteiger charge is 2.41. The minimum atomic E-state index is -0.372. The van der Waals surface area contributed by atoms with Crippen LogP contribution in [0.3, 0.4) is 0 Å². The number of nitrogens with zero attached hydrogens (tertiary/aromatic N) is 2. The van der Waals surface area contributed by atoms with Crippen molar-refractivity contribution in [3.05, 3.63) is 68.7 Å². The maximum absolute atomic E-state index is 10.1. The third-order valence-electron chi connectivity index (χ3n) is 6.20. The summed E-state index contributed by atoms with van der Waals surface area (Å²) in [4.78, 5) is 2.22. The standard InChI is InChI=1S/C23H21Cl3N2O4/c24-12-7-16-15(17(25)8-12)10-19(27-6-5-14(29)11-27)23(16)32-20-2-1-13(9-18(20)26)28-21(30)3-4-22(28)31/h1-4,7-9,14,19,23,29-31H,5-6,10-11H2/t14-,19+,23+/m1/s1. The maximum Gasteiger partial charge on any atom is 0.198 e. The first kappa shape index (κ1) is 21.7. The largest absolute Gasteiger partial charge is 0.494 e. The third kappa shape index (κ3) is 3.80. The summed E-state index contributed by atoms with van der Waals surface area (Å²) in [7, 11) is 0. The molecule has 3 N–H and O–H groups in total. The molecule has 2 heterocycles. The summed E-state index contributed by atoms with van der Waals surface area (Å²) in [6.45, 7) is 1.34. The minimum Gasteiger partial charge on any atom is -0.494 e. The molecule has 1 aliphatic carbocycles. The lowest BCUT2D eigenvalue weighted by Crippen LogP contribution is -2.39. The number of fused-ring (bicyclic) bond motifs is 1. The second-order valence-corrected chi connectivity index (χ2v) is 9.45. The van der Waals surface area contributed by atoms with Gasteiger partial charge in [-0.15, -0.1) is 0 Å². The van der Waals surface area contributed by atoms with Crippen molar-refractivity contribution in [2.45, 2.75) is 31.1 Å². The molecule has 0 unspecified atom stereocenters. The Morgan fingerprint density at radius 2 is 1.69 bits per heavy atom. The zero-order chi connectivity index (χ0) is 22.6. The molecular formula is C23H21Cl3N2O4. The molecule has 0 bridgehead atoms. The van der Waals surface area contributed by atoms with Crippen molar-refractivity contribution in [3.63, 3.8) is 0 Å².